The molecule has 0 spiro atoms. The fourth-order valence-electron chi connectivity index (χ4n) is 1.59. The summed E-state index contributed by atoms with van der Waals surface area (Å²) >= 11 is 0. The molecule has 1 rings (SSSR count). The van der Waals surface area contributed by atoms with Gasteiger partial charge in [0.05, 0.1) is 19.3 Å². The van der Waals surface area contributed by atoms with Crippen LogP contribution in [0.15, 0.2) is 11.8 Å². The minimum absolute atomic E-state index is 0.0856. The second-order valence-corrected chi connectivity index (χ2v) is 11.8. The van der Waals surface area contributed by atoms with Crippen molar-refractivity contribution in [3.63, 3.8) is 0 Å². The van der Waals surface area contributed by atoms with E-state index in [1.165, 1.54) is 0 Å². The van der Waals surface area contributed by atoms with E-state index < -0.39 is 8.07 Å². The van der Waals surface area contributed by atoms with Crippen LogP contribution < -0.4 is 0 Å². The van der Waals surface area contributed by atoms with E-state index in [1.54, 1.807) is 0 Å². The molecule has 1 aliphatic heterocycles. The molecule has 0 aromatic heterocycles. The second-order valence-electron chi connectivity index (χ2n) is 6.69. The van der Waals surface area contributed by atoms with Crippen molar-refractivity contribution >= 4 is 15.2 Å². The van der Waals surface area contributed by atoms with Gasteiger partial charge in [0.1, 0.15) is 0 Å². The van der Waals surface area contributed by atoms with Crippen molar-refractivity contribution < 1.29 is 9.31 Å². The Bertz CT molecular complexity index is 263. The normalized spacial score (nSPS) is 24.3. The minimum Gasteiger partial charge on any atom is -0.403 e. The largest absolute Gasteiger partial charge is 0.461 e. The van der Waals surface area contributed by atoms with Gasteiger partial charge in [0.25, 0.3) is 0 Å². The highest BCUT2D eigenvalue weighted by Gasteiger charge is 2.50. The van der Waals surface area contributed by atoms with E-state index in [2.05, 4.69) is 59.1 Å². The van der Waals surface area contributed by atoms with Crippen LogP contribution in [-0.4, -0.2) is 26.4 Å². The molecule has 0 atom stereocenters. The first-order chi connectivity index (χ1) is 7.04. The molecule has 1 fully saturated rings. The lowest BCUT2D eigenvalue weighted by Crippen LogP contribution is -2.41. The Labute approximate surface area is 102 Å². The van der Waals surface area contributed by atoms with Crippen LogP contribution in [0.25, 0.3) is 0 Å². The molecular weight excluding hydrogens is 215 g/mol. The SMILES string of the molecule is CC1(C)OB(C/C=C/[Si](C)(C)C)OC1(C)C. The molecule has 0 aromatic rings. The highest BCUT2D eigenvalue weighted by Crippen LogP contribution is 2.37. The quantitative estimate of drug-likeness (QED) is 0.703. The second kappa shape index (κ2) is 4.32. The molecule has 0 amide bonds. The monoisotopic (exact) mass is 240 g/mol. The Morgan fingerprint density at radius 1 is 1.00 bits per heavy atom. The lowest BCUT2D eigenvalue weighted by Gasteiger charge is -2.32. The van der Waals surface area contributed by atoms with E-state index in [4.69, 9.17) is 9.31 Å². The van der Waals surface area contributed by atoms with Crippen molar-refractivity contribution in [3.05, 3.63) is 11.8 Å². The zero-order valence-electron chi connectivity index (χ0n) is 11.8. The first-order valence-electron chi connectivity index (χ1n) is 6.07. The summed E-state index contributed by atoms with van der Waals surface area (Å²) < 4.78 is 11.8. The Kier molecular flexibility index (Phi) is 3.78. The maximum Gasteiger partial charge on any atom is 0.461 e. The van der Waals surface area contributed by atoms with Crippen LogP contribution in [-0.2, 0) is 9.31 Å². The maximum absolute atomic E-state index is 5.92. The first-order valence-corrected chi connectivity index (χ1v) is 9.65. The van der Waals surface area contributed by atoms with Gasteiger partial charge >= 0.3 is 7.12 Å². The van der Waals surface area contributed by atoms with Crippen LogP contribution in [0, 0.1) is 0 Å². The van der Waals surface area contributed by atoms with E-state index in [0.29, 0.717) is 0 Å². The zero-order chi connectivity index (χ0) is 12.6. The van der Waals surface area contributed by atoms with Gasteiger partial charge in [-0.15, -0.1) is 0 Å². The standard InChI is InChI=1S/C12H25BO2Si/c1-11(2)12(3,4)15-13(14-11)9-8-10-16(5,6)7/h8,10H,9H2,1-7H3/b10-8+. The van der Waals surface area contributed by atoms with Gasteiger partial charge in [-0.25, -0.2) is 0 Å². The van der Waals surface area contributed by atoms with Crippen molar-refractivity contribution in [1.82, 2.24) is 0 Å². The van der Waals surface area contributed by atoms with Crippen LogP contribution in [0.1, 0.15) is 27.7 Å². The molecule has 2 nitrogen and oxygen atoms in total. The van der Waals surface area contributed by atoms with Gasteiger partial charge in [0.15, 0.2) is 0 Å². The molecule has 1 aliphatic rings. The topological polar surface area (TPSA) is 18.5 Å². The van der Waals surface area contributed by atoms with E-state index in [1.807, 2.05) is 0 Å². The Morgan fingerprint density at radius 3 is 1.81 bits per heavy atom. The van der Waals surface area contributed by atoms with Crippen LogP contribution in [0.2, 0.25) is 26.0 Å². The zero-order valence-corrected chi connectivity index (χ0v) is 12.8. The van der Waals surface area contributed by atoms with Gasteiger partial charge in [-0.2, -0.15) is 0 Å². The molecule has 0 radical (unpaired) electrons. The predicted octanol–water partition coefficient (Wildman–Crippen LogP) is 3.51. The predicted molar refractivity (Wildman–Crippen MR) is 73.4 cm³/mol. The summed E-state index contributed by atoms with van der Waals surface area (Å²) in [5, 5.41) is 0. The molecule has 1 saturated heterocycles. The summed E-state index contributed by atoms with van der Waals surface area (Å²) in [5.74, 6) is 0. The number of allylic oxidation sites excluding steroid dienone is 1. The van der Waals surface area contributed by atoms with Crippen LogP contribution >= 0.6 is 0 Å². The summed E-state index contributed by atoms with van der Waals surface area (Å²) in [4.78, 5) is 0. The first kappa shape index (κ1) is 14.0. The molecular formula is C12H25BO2Si. The average Bonchev–Trinajstić information content (AvgIpc) is 2.17. The van der Waals surface area contributed by atoms with Crippen molar-refractivity contribution in [2.75, 3.05) is 0 Å². The van der Waals surface area contributed by atoms with Crippen molar-refractivity contribution in [1.29, 1.82) is 0 Å². The van der Waals surface area contributed by atoms with Gasteiger partial charge in [0, 0.05) is 0 Å². The van der Waals surface area contributed by atoms with E-state index >= 15 is 0 Å². The summed E-state index contributed by atoms with van der Waals surface area (Å²) in [6.07, 6.45) is 3.07. The smallest absolute Gasteiger partial charge is 0.403 e. The van der Waals surface area contributed by atoms with Crippen molar-refractivity contribution in [2.45, 2.75) is 64.9 Å². The van der Waals surface area contributed by atoms with Gasteiger partial charge in [-0.05, 0) is 34.0 Å². The van der Waals surface area contributed by atoms with E-state index in [9.17, 15) is 0 Å². The minimum atomic E-state index is -1.09. The maximum atomic E-state index is 5.92. The fraction of sp³-hybridized carbons (Fsp3) is 0.833. The third-order valence-electron chi connectivity index (χ3n) is 3.25. The third kappa shape index (κ3) is 3.47. The summed E-state index contributed by atoms with van der Waals surface area (Å²) in [6, 6.07) is 0. The fourth-order valence-corrected chi connectivity index (χ4v) is 2.44. The third-order valence-corrected chi connectivity index (χ3v) is 4.48. The van der Waals surface area contributed by atoms with E-state index in [0.717, 1.165) is 6.32 Å². The summed E-state index contributed by atoms with van der Waals surface area (Å²) in [6.45, 7) is 15.4. The van der Waals surface area contributed by atoms with Crippen LogP contribution in [0.4, 0.5) is 0 Å². The molecule has 0 bridgehead atoms. The molecule has 0 saturated carbocycles. The van der Waals surface area contributed by atoms with Gasteiger partial charge in [-0.3, -0.25) is 0 Å². The number of rotatable bonds is 3. The highest BCUT2D eigenvalue weighted by molar-refractivity contribution is 6.81. The molecule has 92 valence electrons. The van der Waals surface area contributed by atoms with Crippen LogP contribution in [0.5, 0.6) is 0 Å². The molecule has 1 heterocycles. The number of hydrogen-bond donors (Lipinski definition) is 0. The van der Waals surface area contributed by atoms with Gasteiger partial charge in [0.2, 0.25) is 0 Å². The summed E-state index contributed by atoms with van der Waals surface area (Å²) in [7, 11) is -1.18. The molecule has 4 heteroatoms. The summed E-state index contributed by atoms with van der Waals surface area (Å²) in [5.41, 5.74) is 1.94. The average molecular weight is 240 g/mol. The molecule has 0 aromatic carbocycles. The molecule has 0 N–H and O–H groups in total. The Morgan fingerprint density at radius 2 is 1.44 bits per heavy atom. The Hall–Kier alpha value is -0.0582. The van der Waals surface area contributed by atoms with Gasteiger partial charge < -0.3 is 9.31 Å². The van der Waals surface area contributed by atoms with Crippen molar-refractivity contribution in [2.24, 2.45) is 0 Å². The van der Waals surface area contributed by atoms with Crippen molar-refractivity contribution in [3.8, 4) is 0 Å². The lowest BCUT2D eigenvalue weighted by molar-refractivity contribution is 0.00578. The molecule has 0 aliphatic carbocycles. The lowest BCUT2D eigenvalue weighted by atomic mass is 9.85. The van der Waals surface area contributed by atoms with Gasteiger partial charge in [-0.1, -0.05) is 31.4 Å². The molecule has 16 heavy (non-hydrogen) atoms. The molecule has 0 unspecified atom stereocenters. The number of hydrogen-bond acceptors (Lipinski definition) is 2. The Balaban J connectivity index is 2.52. The van der Waals surface area contributed by atoms with E-state index in [-0.39, 0.29) is 18.3 Å². The highest BCUT2D eigenvalue weighted by atomic mass is 28.3. The van der Waals surface area contributed by atoms with Crippen LogP contribution in [0.3, 0.4) is 0 Å².